The van der Waals surface area contributed by atoms with Crippen LogP contribution in [0.4, 0.5) is 13.2 Å². The molecule has 27 heavy (non-hydrogen) atoms. The summed E-state index contributed by atoms with van der Waals surface area (Å²) in [5, 5.41) is 2.86. The first kappa shape index (κ1) is 23.4. The van der Waals surface area contributed by atoms with Gasteiger partial charge in [-0.15, -0.1) is 12.4 Å². The number of rotatable bonds is 6. The zero-order valence-corrected chi connectivity index (χ0v) is 16.2. The lowest BCUT2D eigenvalue weighted by Crippen LogP contribution is -2.52. The standard InChI is InChI=1S/C18H25F3N2O3.ClH/c1-17(22)8-4-3-5-13(17)16(24)23-10-12-6-7-14(15(9-12)25-2)26-11-18(19,20)21;/h6-7,9,13H,3-5,8,10-11,22H2,1-2H3,(H,23,24);1H. The van der Waals surface area contributed by atoms with E-state index >= 15 is 0 Å². The Hall–Kier alpha value is -1.67. The Bertz CT molecular complexity index is 639. The summed E-state index contributed by atoms with van der Waals surface area (Å²) < 4.78 is 46.7. The lowest BCUT2D eigenvalue weighted by Gasteiger charge is -2.37. The number of nitrogens with two attached hydrogens (primary N) is 1. The summed E-state index contributed by atoms with van der Waals surface area (Å²) >= 11 is 0. The molecule has 9 heteroatoms. The molecule has 0 spiro atoms. The van der Waals surface area contributed by atoms with Crippen LogP contribution in [0.25, 0.3) is 0 Å². The van der Waals surface area contributed by atoms with Crippen molar-refractivity contribution >= 4 is 18.3 Å². The second-order valence-corrected chi connectivity index (χ2v) is 6.91. The van der Waals surface area contributed by atoms with Crippen LogP contribution in [0.15, 0.2) is 18.2 Å². The summed E-state index contributed by atoms with van der Waals surface area (Å²) in [5.74, 6) is -0.164. The summed E-state index contributed by atoms with van der Waals surface area (Å²) in [5.41, 5.74) is 6.42. The highest BCUT2D eigenvalue weighted by atomic mass is 35.5. The van der Waals surface area contributed by atoms with Gasteiger partial charge in [0.1, 0.15) is 0 Å². The minimum atomic E-state index is -4.42. The Morgan fingerprint density at radius 2 is 2.04 bits per heavy atom. The average molecular weight is 411 g/mol. The highest BCUT2D eigenvalue weighted by molar-refractivity contribution is 5.85. The molecule has 1 saturated carbocycles. The number of ether oxygens (including phenoxy) is 2. The first-order valence-corrected chi connectivity index (χ1v) is 8.55. The number of hydrogen-bond donors (Lipinski definition) is 2. The molecule has 5 nitrogen and oxygen atoms in total. The molecular formula is C18H26ClF3N2O3. The van der Waals surface area contributed by atoms with E-state index in [0.717, 1.165) is 25.7 Å². The summed E-state index contributed by atoms with van der Waals surface area (Å²) in [6.45, 7) is 0.740. The quantitative estimate of drug-likeness (QED) is 0.751. The SMILES string of the molecule is COc1cc(CNC(=O)C2CCCCC2(C)N)ccc1OCC(F)(F)F.Cl. The third kappa shape index (κ3) is 6.77. The third-order valence-corrected chi connectivity index (χ3v) is 4.66. The Morgan fingerprint density at radius 3 is 2.63 bits per heavy atom. The maximum absolute atomic E-state index is 12.4. The van der Waals surface area contributed by atoms with Gasteiger partial charge in [0, 0.05) is 12.1 Å². The molecule has 0 aromatic heterocycles. The molecule has 2 atom stereocenters. The fourth-order valence-electron chi connectivity index (χ4n) is 3.20. The van der Waals surface area contributed by atoms with Crippen LogP contribution in [0.2, 0.25) is 0 Å². The molecular weight excluding hydrogens is 385 g/mol. The molecule has 1 aliphatic rings. The fraction of sp³-hybridized carbons (Fsp3) is 0.611. The van der Waals surface area contributed by atoms with Gasteiger partial charge in [0.15, 0.2) is 18.1 Å². The molecule has 0 heterocycles. The summed E-state index contributed by atoms with van der Waals surface area (Å²) in [6.07, 6.45) is -0.861. The molecule has 2 rings (SSSR count). The van der Waals surface area contributed by atoms with Gasteiger partial charge in [0.25, 0.3) is 0 Å². The topological polar surface area (TPSA) is 73.6 Å². The molecule has 0 saturated heterocycles. The van der Waals surface area contributed by atoms with Crippen LogP contribution >= 0.6 is 12.4 Å². The van der Waals surface area contributed by atoms with Crippen molar-refractivity contribution in [1.29, 1.82) is 0 Å². The summed E-state index contributed by atoms with van der Waals surface area (Å²) in [4.78, 5) is 12.4. The van der Waals surface area contributed by atoms with Crippen LogP contribution < -0.4 is 20.5 Å². The van der Waals surface area contributed by atoms with Crippen LogP contribution in [0, 0.1) is 5.92 Å². The van der Waals surface area contributed by atoms with Crippen LogP contribution in [-0.2, 0) is 11.3 Å². The lowest BCUT2D eigenvalue weighted by molar-refractivity contribution is -0.153. The number of alkyl halides is 3. The molecule has 3 N–H and O–H groups in total. The molecule has 0 aliphatic heterocycles. The van der Waals surface area contributed by atoms with E-state index in [4.69, 9.17) is 15.2 Å². The maximum atomic E-state index is 12.4. The first-order valence-electron chi connectivity index (χ1n) is 8.55. The molecule has 1 aliphatic carbocycles. The van der Waals surface area contributed by atoms with E-state index in [9.17, 15) is 18.0 Å². The third-order valence-electron chi connectivity index (χ3n) is 4.66. The number of carbonyl (C=O) groups is 1. The zero-order valence-electron chi connectivity index (χ0n) is 15.4. The highest BCUT2D eigenvalue weighted by Crippen LogP contribution is 2.32. The first-order chi connectivity index (χ1) is 12.1. The largest absolute Gasteiger partial charge is 0.493 e. The van der Waals surface area contributed by atoms with Gasteiger partial charge in [-0.1, -0.05) is 18.9 Å². The Labute approximate surface area is 163 Å². The lowest BCUT2D eigenvalue weighted by atomic mass is 9.74. The average Bonchev–Trinajstić information content (AvgIpc) is 2.57. The van der Waals surface area contributed by atoms with Gasteiger partial charge in [-0.05, 0) is 37.5 Å². The second-order valence-electron chi connectivity index (χ2n) is 6.91. The van der Waals surface area contributed by atoms with Crippen molar-refractivity contribution in [3.63, 3.8) is 0 Å². The maximum Gasteiger partial charge on any atom is 0.422 e. The van der Waals surface area contributed by atoms with E-state index in [1.807, 2.05) is 6.92 Å². The summed E-state index contributed by atoms with van der Waals surface area (Å²) in [6, 6.07) is 4.55. The normalized spacial score (nSPS) is 22.5. The van der Waals surface area contributed by atoms with Crippen molar-refractivity contribution < 1.29 is 27.4 Å². The minimum absolute atomic E-state index is 0. The van der Waals surface area contributed by atoms with Gasteiger partial charge in [-0.2, -0.15) is 13.2 Å². The Morgan fingerprint density at radius 1 is 1.33 bits per heavy atom. The monoisotopic (exact) mass is 410 g/mol. The molecule has 1 aromatic carbocycles. The predicted molar refractivity (Wildman–Crippen MR) is 98.2 cm³/mol. The number of halogens is 4. The molecule has 2 unspecified atom stereocenters. The van der Waals surface area contributed by atoms with Gasteiger partial charge >= 0.3 is 6.18 Å². The smallest absolute Gasteiger partial charge is 0.422 e. The van der Waals surface area contributed by atoms with Gasteiger partial charge < -0.3 is 20.5 Å². The molecule has 1 aromatic rings. The number of carbonyl (C=O) groups excluding carboxylic acids is 1. The van der Waals surface area contributed by atoms with Crippen LogP contribution in [0.5, 0.6) is 11.5 Å². The highest BCUT2D eigenvalue weighted by Gasteiger charge is 2.37. The molecule has 154 valence electrons. The molecule has 1 fully saturated rings. The van der Waals surface area contributed by atoms with Crippen LogP contribution in [0.3, 0.4) is 0 Å². The van der Waals surface area contributed by atoms with Gasteiger partial charge in [0.2, 0.25) is 5.91 Å². The van der Waals surface area contributed by atoms with Crippen LogP contribution in [-0.4, -0.2) is 31.3 Å². The van der Waals surface area contributed by atoms with E-state index in [1.165, 1.54) is 13.2 Å². The van der Waals surface area contributed by atoms with E-state index in [1.54, 1.807) is 12.1 Å². The number of amides is 1. The van der Waals surface area contributed by atoms with Crippen molar-refractivity contribution in [2.24, 2.45) is 11.7 Å². The van der Waals surface area contributed by atoms with E-state index in [0.29, 0.717) is 5.56 Å². The molecule has 0 bridgehead atoms. The molecule has 0 radical (unpaired) electrons. The summed E-state index contributed by atoms with van der Waals surface area (Å²) in [7, 11) is 1.35. The number of hydrogen-bond acceptors (Lipinski definition) is 4. The second kappa shape index (κ2) is 9.50. The Kier molecular flexibility index (Phi) is 8.23. The number of nitrogens with one attached hydrogen (secondary N) is 1. The minimum Gasteiger partial charge on any atom is -0.493 e. The van der Waals surface area contributed by atoms with Crippen molar-refractivity contribution in [1.82, 2.24) is 5.32 Å². The van der Waals surface area contributed by atoms with Gasteiger partial charge in [0.05, 0.1) is 13.0 Å². The van der Waals surface area contributed by atoms with Crippen molar-refractivity contribution in [3.8, 4) is 11.5 Å². The van der Waals surface area contributed by atoms with Crippen molar-refractivity contribution in [3.05, 3.63) is 23.8 Å². The van der Waals surface area contributed by atoms with E-state index in [-0.39, 0.29) is 42.3 Å². The molecule has 1 amide bonds. The predicted octanol–water partition coefficient (Wildman–Crippen LogP) is 3.58. The van der Waals surface area contributed by atoms with E-state index < -0.39 is 18.3 Å². The Balaban J connectivity index is 0.00000364. The number of benzene rings is 1. The van der Waals surface area contributed by atoms with Gasteiger partial charge in [-0.3, -0.25) is 4.79 Å². The van der Waals surface area contributed by atoms with Crippen LogP contribution in [0.1, 0.15) is 38.2 Å². The van der Waals surface area contributed by atoms with E-state index in [2.05, 4.69) is 5.32 Å². The van der Waals surface area contributed by atoms with Gasteiger partial charge in [-0.25, -0.2) is 0 Å². The fourth-order valence-corrected chi connectivity index (χ4v) is 3.20. The number of methoxy groups -OCH3 is 1. The van der Waals surface area contributed by atoms with Crippen molar-refractivity contribution in [2.45, 2.75) is 50.9 Å². The van der Waals surface area contributed by atoms with Crippen molar-refractivity contribution in [2.75, 3.05) is 13.7 Å². The zero-order chi connectivity index (χ0) is 19.4.